The van der Waals surface area contributed by atoms with Gasteiger partial charge in [-0.05, 0) is 111 Å². The maximum Gasteiger partial charge on any atom is 0.137 e. The summed E-state index contributed by atoms with van der Waals surface area (Å²) in [6, 6.07) is 71.7. The van der Waals surface area contributed by atoms with Crippen molar-refractivity contribution >= 4 is 49.8 Å². The number of fused-ring (bicyclic) bond motifs is 13. The lowest BCUT2D eigenvalue weighted by Gasteiger charge is -2.39. The summed E-state index contributed by atoms with van der Waals surface area (Å²) in [6.45, 7) is 0. The summed E-state index contributed by atoms with van der Waals surface area (Å²) in [6.07, 6.45) is 0. The molecule has 0 radical (unpaired) electrons. The molecule has 12 rings (SSSR count). The summed E-state index contributed by atoms with van der Waals surface area (Å²) in [7, 11) is 0. The van der Waals surface area contributed by atoms with Gasteiger partial charge in [0, 0.05) is 27.9 Å². The van der Waals surface area contributed by atoms with E-state index in [2.05, 4.69) is 205 Å². The van der Waals surface area contributed by atoms with E-state index in [1.807, 2.05) is 0 Å². The third-order valence-electron chi connectivity index (χ3n) is 11.9. The Kier molecular flexibility index (Phi) is 6.55. The molecule has 1 aromatic heterocycles. The lowest BCUT2D eigenvalue weighted by atomic mass is 9.66. The number of anilines is 3. The van der Waals surface area contributed by atoms with Crippen LogP contribution in [0.2, 0.25) is 0 Å². The Morgan fingerprint density at radius 3 is 1.82 bits per heavy atom. The van der Waals surface area contributed by atoms with Crippen molar-refractivity contribution in [3.63, 3.8) is 0 Å². The molecule has 3 nitrogen and oxygen atoms in total. The monoisotopic (exact) mass is 715 g/mol. The molecule has 0 saturated heterocycles. The number of rotatable bonds is 4. The molecule has 2 heterocycles. The Morgan fingerprint density at radius 2 is 1.04 bits per heavy atom. The van der Waals surface area contributed by atoms with Gasteiger partial charge in [-0.2, -0.15) is 0 Å². The van der Waals surface area contributed by atoms with Crippen LogP contribution in [0.25, 0.3) is 55.0 Å². The Bertz CT molecular complexity index is 3130. The van der Waals surface area contributed by atoms with Gasteiger partial charge in [-0.25, -0.2) is 0 Å². The third kappa shape index (κ3) is 4.34. The maximum atomic E-state index is 6.90. The fourth-order valence-corrected chi connectivity index (χ4v) is 9.51. The van der Waals surface area contributed by atoms with Crippen LogP contribution in [-0.2, 0) is 5.41 Å². The van der Waals surface area contributed by atoms with Crippen molar-refractivity contribution in [3.8, 4) is 33.8 Å². The Labute approximate surface area is 324 Å². The molecule has 0 N–H and O–H groups in total. The molecule has 1 aliphatic heterocycles. The third-order valence-corrected chi connectivity index (χ3v) is 11.9. The minimum absolute atomic E-state index is 0.559. The molecule has 0 unspecified atom stereocenters. The fraction of sp³-hybridized carbons (Fsp3) is 0.0189. The van der Waals surface area contributed by atoms with E-state index in [0.29, 0.717) is 0 Å². The van der Waals surface area contributed by atoms with Crippen LogP contribution in [0, 0.1) is 0 Å². The van der Waals surface area contributed by atoms with Crippen molar-refractivity contribution in [1.29, 1.82) is 0 Å². The van der Waals surface area contributed by atoms with Crippen LogP contribution in [0.4, 0.5) is 17.1 Å². The molecule has 1 spiro atoms. The van der Waals surface area contributed by atoms with E-state index in [1.54, 1.807) is 0 Å². The molecular formula is C53H33NO2. The van der Waals surface area contributed by atoms with Crippen molar-refractivity contribution in [1.82, 2.24) is 0 Å². The number of hydrogen-bond donors (Lipinski definition) is 0. The highest BCUT2D eigenvalue weighted by molar-refractivity contribution is 6.15. The van der Waals surface area contributed by atoms with Crippen LogP contribution in [0.5, 0.6) is 11.5 Å². The summed E-state index contributed by atoms with van der Waals surface area (Å²) in [5, 5.41) is 4.65. The minimum atomic E-state index is -0.559. The van der Waals surface area contributed by atoms with Crippen LogP contribution in [-0.4, -0.2) is 0 Å². The molecular weight excluding hydrogens is 683 g/mol. The predicted molar refractivity (Wildman–Crippen MR) is 229 cm³/mol. The van der Waals surface area contributed by atoms with Gasteiger partial charge in [-0.15, -0.1) is 0 Å². The van der Waals surface area contributed by atoms with E-state index in [0.717, 1.165) is 61.6 Å². The number of ether oxygens (including phenoxy) is 1. The van der Waals surface area contributed by atoms with Crippen LogP contribution in [0.1, 0.15) is 22.3 Å². The smallest absolute Gasteiger partial charge is 0.137 e. The molecule has 0 amide bonds. The largest absolute Gasteiger partial charge is 0.457 e. The summed E-state index contributed by atoms with van der Waals surface area (Å²) < 4.78 is 13.5. The van der Waals surface area contributed by atoms with Crippen molar-refractivity contribution in [2.75, 3.05) is 4.90 Å². The van der Waals surface area contributed by atoms with Crippen LogP contribution >= 0.6 is 0 Å². The molecule has 0 atom stereocenters. The van der Waals surface area contributed by atoms with Crippen LogP contribution < -0.4 is 9.64 Å². The first-order valence-electron chi connectivity index (χ1n) is 19.2. The molecule has 1 aliphatic carbocycles. The van der Waals surface area contributed by atoms with E-state index < -0.39 is 5.41 Å². The van der Waals surface area contributed by atoms with Gasteiger partial charge in [0.25, 0.3) is 0 Å². The zero-order valence-electron chi connectivity index (χ0n) is 30.3. The van der Waals surface area contributed by atoms with Crippen molar-refractivity contribution < 1.29 is 9.15 Å². The fourth-order valence-electron chi connectivity index (χ4n) is 9.51. The summed E-state index contributed by atoms with van der Waals surface area (Å²) >= 11 is 0. The van der Waals surface area contributed by atoms with Gasteiger partial charge in [0.15, 0.2) is 0 Å². The molecule has 0 fully saturated rings. The van der Waals surface area contributed by atoms with Crippen LogP contribution in [0.15, 0.2) is 205 Å². The maximum absolute atomic E-state index is 6.90. The highest BCUT2D eigenvalue weighted by Gasteiger charge is 2.51. The number of nitrogens with zero attached hydrogens (tertiary/aromatic N) is 1. The average Bonchev–Trinajstić information content (AvgIpc) is 3.77. The second-order valence-electron chi connectivity index (χ2n) is 14.8. The Morgan fingerprint density at radius 1 is 0.393 bits per heavy atom. The first-order valence-corrected chi connectivity index (χ1v) is 19.2. The normalized spacial score (nSPS) is 13.3. The van der Waals surface area contributed by atoms with Crippen molar-refractivity contribution in [3.05, 3.63) is 222 Å². The average molecular weight is 716 g/mol. The number of benzene rings is 9. The van der Waals surface area contributed by atoms with Gasteiger partial charge in [0.1, 0.15) is 22.7 Å². The van der Waals surface area contributed by atoms with E-state index in [1.165, 1.54) is 44.2 Å². The molecule has 56 heavy (non-hydrogen) atoms. The summed E-state index contributed by atoms with van der Waals surface area (Å²) in [5.41, 5.74) is 13.9. The minimum Gasteiger partial charge on any atom is -0.457 e. The summed E-state index contributed by atoms with van der Waals surface area (Å²) in [5.74, 6) is 1.76. The van der Waals surface area contributed by atoms with Gasteiger partial charge in [-0.1, -0.05) is 133 Å². The standard InChI is InChI=1S/C53H33NO2/c1-2-15-38(16-3-1)54(39-29-27-35(28-30-39)37-26-25-34-13-4-5-14-36(34)31-37)47-21-12-24-50-52(47)42-32-41-40-17-6-7-18-43(40)53(46(41)33-51(42)56-50)44-19-8-10-22-48(44)55-49-23-11-9-20-45(49)53/h1-33H. The second kappa shape index (κ2) is 11.8. The predicted octanol–water partition coefficient (Wildman–Crippen LogP) is 14.3. The van der Waals surface area contributed by atoms with Gasteiger partial charge < -0.3 is 14.1 Å². The molecule has 262 valence electrons. The van der Waals surface area contributed by atoms with Crippen molar-refractivity contribution in [2.45, 2.75) is 5.41 Å². The molecule has 10 aromatic rings. The number of para-hydroxylation sites is 3. The van der Waals surface area contributed by atoms with Gasteiger partial charge in [0.05, 0.1) is 16.5 Å². The van der Waals surface area contributed by atoms with E-state index in [9.17, 15) is 0 Å². The molecule has 9 aromatic carbocycles. The second-order valence-corrected chi connectivity index (χ2v) is 14.8. The quantitative estimate of drug-likeness (QED) is 0.181. The number of furan rings is 1. The zero-order valence-corrected chi connectivity index (χ0v) is 30.3. The van der Waals surface area contributed by atoms with Crippen LogP contribution in [0.3, 0.4) is 0 Å². The first kappa shape index (κ1) is 31.0. The van der Waals surface area contributed by atoms with Gasteiger partial charge in [-0.3, -0.25) is 0 Å². The van der Waals surface area contributed by atoms with Crippen molar-refractivity contribution in [2.24, 2.45) is 0 Å². The van der Waals surface area contributed by atoms with E-state index >= 15 is 0 Å². The molecule has 0 bridgehead atoms. The zero-order chi connectivity index (χ0) is 36.8. The topological polar surface area (TPSA) is 25.6 Å². The van der Waals surface area contributed by atoms with E-state index in [-0.39, 0.29) is 0 Å². The summed E-state index contributed by atoms with van der Waals surface area (Å²) in [4.78, 5) is 2.36. The molecule has 0 saturated carbocycles. The molecule has 3 heteroatoms. The highest BCUT2D eigenvalue weighted by Crippen LogP contribution is 2.63. The Hall–Kier alpha value is -7.36. The SMILES string of the molecule is c1ccc(N(c2ccc(-c3ccc4ccccc4c3)cc2)c2cccc3oc4cc5c(cc4c23)-c2ccccc2C52c3ccccc3Oc3ccccc32)cc1. The Balaban J connectivity index is 1.08. The van der Waals surface area contributed by atoms with Gasteiger partial charge >= 0.3 is 0 Å². The molecule has 2 aliphatic rings. The first-order chi connectivity index (χ1) is 27.8. The van der Waals surface area contributed by atoms with E-state index in [4.69, 9.17) is 9.15 Å². The number of hydrogen-bond acceptors (Lipinski definition) is 3. The lowest BCUT2D eigenvalue weighted by Crippen LogP contribution is -2.32. The lowest BCUT2D eigenvalue weighted by molar-refractivity contribution is 0.436. The van der Waals surface area contributed by atoms with Gasteiger partial charge in [0.2, 0.25) is 0 Å². The highest BCUT2D eigenvalue weighted by atomic mass is 16.5.